The molecule has 2 rings (SSSR count). The number of nitrogens with zero attached hydrogens (tertiary/aromatic N) is 1. The number of pyridine rings is 1. The number of methoxy groups -OCH3 is 1. The minimum atomic E-state index is -0.669. The Morgan fingerprint density at radius 3 is 2.81 bits per heavy atom. The number of ether oxygens (including phenoxy) is 1. The van der Waals surface area contributed by atoms with Crippen LogP contribution < -0.4 is 10.1 Å². The maximum absolute atomic E-state index is 14.3. The van der Waals surface area contributed by atoms with Crippen LogP contribution in [-0.2, 0) is 4.79 Å². The molecule has 0 bridgehead atoms. The van der Waals surface area contributed by atoms with Crippen LogP contribution in [0.3, 0.4) is 0 Å². The van der Waals surface area contributed by atoms with Crippen molar-refractivity contribution in [1.82, 2.24) is 4.98 Å². The molecule has 0 unspecified atom stereocenters. The van der Waals surface area contributed by atoms with Crippen molar-refractivity contribution in [3.8, 4) is 22.8 Å². The molecule has 0 radical (unpaired) electrons. The molecule has 0 aliphatic rings. The van der Waals surface area contributed by atoms with Gasteiger partial charge in [0.25, 0.3) is 0 Å². The topological polar surface area (TPSA) is 71.5 Å². The van der Waals surface area contributed by atoms with E-state index in [-0.39, 0.29) is 39.4 Å². The zero-order chi connectivity index (χ0) is 15.6. The standard InChI is InChI=1S/C14H12ClFN2O3/c1-7(19)18-11-5-10(17-6-12(11)20)8-3-4-9(15)14(21-2)13(8)16/h3-6,20H,1-2H3,(H,17,18,19). The molecule has 110 valence electrons. The highest BCUT2D eigenvalue weighted by Gasteiger charge is 2.16. The first kappa shape index (κ1) is 15.1. The number of aromatic nitrogens is 1. The maximum atomic E-state index is 14.3. The summed E-state index contributed by atoms with van der Waals surface area (Å²) in [5.74, 6) is -1.34. The predicted octanol–water partition coefficient (Wildman–Crippen LogP) is 3.21. The van der Waals surface area contributed by atoms with Crippen molar-refractivity contribution in [2.75, 3.05) is 12.4 Å². The quantitative estimate of drug-likeness (QED) is 0.913. The van der Waals surface area contributed by atoms with Crippen LogP contribution in [0.4, 0.5) is 10.1 Å². The summed E-state index contributed by atoms with van der Waals surface area (Å²) in [6.45, 7) is 1.30. The second kappa shape index (κ2) is 5.97. The fraction of sp³-hybridized carbons (Fsp3) is 0.143. The normalized spacial score (nSPS) is 10.3. The van der Waals surface area contributed by atoms with Crippen LogP contribution in [-0.4, -0.2) is 23.1 Å². The third-order valence-electron chi connectivity index (χ3n) is 2.72. The number of carbonyl (C=O) groups excluding carboxylic acids is 1. The van der Waals surface area contributed by atoms with E-state index in [0.29, 0.717) is 0 Å². The van der Waals surface area contributed by atoms with Crippen LogP contribution in [0.1, 0.15) is 6.92 Å². The molecular formula is C14H12ClFN2O3. The number of carbonyl (C=O) groups is 1. The lowest BCUT2D eigenvalue weighted by atomic mass is 10.1. The summed E-state index contributed by atoms with van der Waals surface area (Å²) in [5, 5.41) is 12.2. The largest absolute Gasteiger partial charge is 0.504 e. The summed E-state index contributed by atoms with van der Waals surface area (Å²) in [4.78, 5) is 15.0. The summed E-state index contributed by atoms with van der Waals surface area (Å²) < 4.78 is 19.2. The Kier molecular flexibility index (Phi) is 4.28. The lowest BCUT2D eigenvalue weighted by Gasteiger charge is -2.11. The van der Waals surface area contributed by atoms with Crippen LogP contribution in [0, 0.1) is 5.82 Å². The Morgan fingerprint density at radius 1 is 1.48 bits per heavy atom. The van der Waals surface area contributed by atoms with Gasteiger partial charge in [-0.15, -0.1) is 0 Å². The average Bonchev–Trinajstić information content (AvgIpc) is 2.42. The molecule has 0 saturated carbocycles. The third kappa shape index (κ3) is 3.05. The summed E-state index contributed by atoms with van der Waals surface area (Å²) in [5.41, 5.74) is 0.507. The number of halogens is 2. The molecule has 0 aliphatic heterocycles. The molecule has 7 heteroatoms. The van der Waals surface area contributed by atoms with Gasteiger partial charge in [-0.2, -0.15) is 0 Å². The Labute approximate surface area is 125 Å². The molecule has 0 saturated heterocycles. The average molecular weight is 311 g/mol. The van der Waals surface area contributed by atoms with Crippen molar-refractivity contribution >= 4 is 23.2 Å². The molecule has 1 aromatic heterocycles. The van der Waals surface area contributed by atoms with Crippen LogP contribution in [0.5, 0.6) is 11.5 Å². The number of aromatic hydroxyl groups is 1. The number of benzene rings is 1. The van der Waals surface area contributed by atoms with E-state index in [1.807, 2.05) is 0 Å². The fourth-order valence-electron chi connectivity index (χ4n) is 1.80. The van der Waals surface area contributed by atoms with Gasteiger partial charge < -0.3 is 15.2 Å². The molecule has 0 aliphatic carbocycles. The predicted molar refractivity (Wildman–Crippen MR) is 77.2 cm³/mol. The zero-order valence-electron chi connectivity index (χ0n) is 11.3. The van der Waals surface area contributed by atoms with Gasteiger partial charge in [0, 0.05) is 12.5 Å². The van der Waals surface area contributed by atoms with Crippen molar-refractivity contribution in [3.63, 3.8) is 0 Å². The van der Waals surface area contributed by atoms with Crippen LogP contribution in [0.25, 0.3) is 11.3 Å². The molecule has 1 heterocycles. The van der Waals surface area contributed by atoms with E-state index >= 15 is 0 Å². The summed E-state index contributed by atoms with van der Waals surface area (Å²) in [6.07, 6.45) is 1.13. The number of anilines is 1. The fourth-order valence-corrected chi connectivity index (χ4v) is 2.03. The van der Waals surface area contributed by atoms with Gasteiger partial charge in [-0.1, -0.05) is 11.6 Å². The smallest absolute Gasteiger partial charge is 0.221 e. The Hall–Kier alpha value is -2.34. The number of hydrogen-bond donors (Lipinski definition) is 2. The van der Waals surface area contributed by atoms with Crippen molar-refractivity contribution in [2.45, 2.75) is 6.92 Å². The molecule has 1 amide bonds. The number of rotatable bonds is 3. The van der Waals surface area contributed by atoms with Gasteiger partial charge in [-0.3, -0.25) is 9.78 Å². The summed E-state index contributed by atoms with van der Waals surface area (Å²) in [7, 11) is 1.31. The minimum absolute atomic E-state index is 0.0925. The highest BCUT2D eigenvalue weighted by Crippen LogP contribution is 2.36. The van der Waals surface area contributed by atoms with Crippen LogP contribution >= 0.6 is 11.6 Å². The summed E-state index contributed by atoms with van der Waals surface area (Å²) >= 11 is 5.83. The molecule has 1 aromatic carbocycles. The molecule has 0 fully saturated rings. The van der Waals surface area contributed by atoms with Gasteiger partial charge in [0.1, 0.15) is 0 Å². The van der Waals surface area contributed by atoms with E-state index in [2.05, 4.69) is 10.3 Å². The van der Waals surface area contributed by atoms with Gasteiger partial charge >= 0.3 is 0 Å². The zero-order valence-corrected chi connectivity index (χ0v) is 12.0. The van der Waals surface area contributed by atoms with Gasteiger partial charge in [0.2, 0.25) is 5.91 Å². The highest BCUT2D eigenvalue weighted by molar-refractivity contribution is 6.32. The van der Waals surface area contributed by atoms with Gasteiger partial charge in [-0.05, 0) is 18.2 Å². The first-order chi connectivity index (χ1) is 9.93. The first-order valence-corrected chi connectivity index (χ1v) is 6.30. The number of amides is 1. The van der Waals surface area contributed by atoms with E-state index in [4.69, 9.17) is 16.3 Å². The number of nitrogens with one attached hydrogen (secondary N) is 1. The van der Waals surface area contributed by atoms with Crippen molar-refractivity contribution < 1.29 is 19.0 Å². The molecule has 0 atom stereocenters. The molecule has 5 nitrogen and oxygen atoms in total. The van der Waals surface area contributed by atoms with Crippen molar-refractivity contribution in [2.24, 2.45) is 0 Å². The van der Waals surface area contributed by atoms with Gasteiger partial charge in [-0.25, -0.2) is 4.39 Å². The number of hydrogen-bond acceptors (Lipinski definition) is 4. The van der Waals surface area contributed by atoms with E-state index < -0.39 is 5.82 Å². The first-order valence-electron chi connectivity index (χ1n) is 5.93. The maximum Gasteiger partial charge on any atom is 0.221 e. The Bertz CT molecular complexity index is 707. The van der Waals surface area contributed by atoms with E-state index in [1.165, 1.54) is 32.2 Å². The molecule has 0 spiro atoms. The molecule has 2 aromatic rings. The van der Waals surface area contributed by atoms with Crippen molar-refractivity contribution in [3.05, 3.63) is 35.2 Å². The lowest BCUT2D eigenvalue weighted by Crippen LogP contribution is -2.06. The third-order valence-corrected chi connectivity index (χ3v) is 3.02. The van der Waals surface area contributed by atoms with Crippen molar-refractivity contribution in [1.29, 1.82) is 0 Å². The summed E-state index contributed by atoms with van der Waals surface area (Å²) in [6, 6.07) is 4.28. The Balaban J connectivity index is 2.55. The lowest BCUT2D eigenvalue weighted by molar-refractivity contribution is -0.114. The van der Waals surface area contributed by atoms with E-state index in [0.717, 1.165) is 6.20 Å². The Morgan fingerprint density at radius 2 is 2.19 bits per heavy atom. The highest BCUT2D eigenvalue weighted by atomic mass is 35.5. The second-order valence-corrected chi connectivity index (χ2v) is 4.62. The van der Waals surface area contributed by atoms with Gasteiger partial charge in [0.05, 0.1) is 29.7 Å². The van der Waals surface area contributed by atoms with Gasteiger partial charge in [0.15, 0.2) is 17.3 Å². The van der Waals surface area contributed by atoms with E-state index in [9.17, 15) is 14.3 Å². The molecule has 2 N–H and O–H groups in total. The van der Waals surface area contributed by atoms with E-state index in [1.54, 1.807) is 0 Å². The second-order valence-electron chi connectivity index (χ2n) is 4.21. The van der Waals surface area contributed by atoms with Crippen LogP contribution in [0.15, 0.2) is 24.4 Å². The SMILES string of the molecule is COc1c(Cl)ccc(-c2cc(NC(C)=O)c(O)cn2)c1F. The van der Waals surface area contributed by atoms with Crippen LogP contribution in [0.2, 0.25) is 5.02 Å². The minimum Gasteiger partial charge on any atom is -0.504 e. The molecule has 21 heavy (non-hydrogen) atoms. The monoisotopic (exact) mass is 310 g/mol. The molecular weight excluding hydrogens is 299 g/mol.